The molecule has 1 fully saturated rings. The minimum absolute atomic E-state index is 0.0311. The van der Waals surface area contributed by atoms with E-state index in [2.05, 4.69) is 20.8 Å². The van der Waals surface area contributed by atoms with Crippen molar-refractivity contribution < 1.29 is 14.3 Å². The van der Waals surface area contributed by atoms with Crippen molar-refractivity contribution >= 4 is 11.8 Å². The molecule has 110 valence electrons. The van der Waals surface area contributed by atoms with Gasteiger partial charge in [0.1, 0.15) is 12.2 Å². The lowest BCUT2D eigenvalue weighted by Gasteiger charge is -2.38. The van der Waals surface area contributed by atoms with Crippen LogP contribution in [0.15, 0.2) is 0 Å². The normalized spacial score (nSPS) is 22.7. The van der Waals surface area contributed by atoms with Gasteiger partial charge in [0.15, 0.2) is 0 Å². The Kier molecular flexibility index (Phi) is 6.02. The second kappa shape index (κ2) is 7.06. The highest BCUT2D eigenvalue weighted by molar-refractivity contribution is 5.97. The van der Waals surface area contributed by atoms with Crippen molar-refractivity contribution in [3.05, 3.63) is 0 Å². The van der Waals surface area contributed by atoms with E-state index in [0.717, 1.165) is 32.1 Å². The van der Waals surface area contributed by atoms with Crippen LogP contribution in [0.1, 0.15) is 66.2 Å². The smallest absolute Gasteiger partial charge is 0.313 e. The van der Waals surface area contributed by atoms with E-state index in [4.69, 9.17) is 4.74 Å². The van der Waals surface area contributed by atoms with Gasteiger partial charge in [-0.3, -0.25) is 9.59 Å². The molecule has 0 aliphatic heterocycles. The van der Waals surface area contributed by atoms with E-state index in [9.17, 15) is 9.59 Å². The molecular formula is C16H28O3. The third kappa shape index (κ3) is 6.22. The number of ketones is 1. The molecule has 0 heterocycles. The molecule has 1 rings (SSSR count). The second-order valence-corrected chi connectivity index (χ2v) is 7.02. The van der Waals surface area contributed by atoms with Crippen LogP contribution in [0.5, 0.6) is 0 Å². The first-order valence-corrected chi connectivity index (χ1v) is 7.50. The zero-order valence-corrected chi connectivity index (χ0v) is 12.8. The van der Waals surface area contributed by atoms with E-state index in [1.54, 1.807) is 0 Å². The monoisotopic (exact) mass is 268 g/mol. The predicted molar refractivity (Wildman–Crippen MR) is 75.8 cm³/mol. The first kappa shape index (κ1) is 16.2. The van der Waals surface area contributed by atoms with Gasteiger partial charge < -0.3 is 4.74 Å². The topological polar surface area (TPSA) is 43.4 Å². The van der Waals surface area contributed by atoms with Gasteiger partial charge in [0.2, 0.25) is 0 Å². The number of carbonyl (C=O) groups excluding carboxylic acids is 2. The van der Waals surface area contributed by atoms with Crippen molar-refractivity contribution in [1.82, 2.24) is 0 Å². The zero-order valence-electron chi connectivity index (χ0n) is 12.8. The molecule has 1 saturated carbocycles. The fourth-order valence-electron chi connectivity index (χ4n) is 2.70. The van der Waals surface area contributed by atoms with Gasteiger partial charge >= 0.3 is 5.97 Å². The summed E-state index contributed by atoms with van der Waals surface area (Å²) in [5.41, 5.74) is 0.331. The molecule has 0 N–H and O–H groups in total. The Morgan fingerprint density at radius 2 is 1.84 bits per heavy atom. The average Bonchev–Trinajstić information content (AvgIpc) is 2.21. The standard InChI is InChI=1S/C16H28O3/c1-5-6-7-19-15(18)10-14(17)13-8-12(9-13)11-16(2,3)4/h12-13H,5-11H2,1-4H3. The number of ether oxygens (including phenoxy) is 1. The summed E-state index contributed by atoms with van der Waals surface area (Å²) in [5, 5.41) is 0. The molecule has 0 aromatic carbocycles. The molecule has 0 aromatic heterocycles. The largest absolute Gasteiger partial charge is 0.465 e. The Balaban J connectivity index is 2.17. The van der Waals surface area contributed by atoms with Gasteiger partial charge in [-0.1, -0.05) is 34.1 Å². The molecule has 0 atom stereocenters. The molecule has 0 amide bonds. The number of unbranched alkanes of at least 4 members (excludes halogenated alkanes) is 1. The Morgan fingerprint density at radius 3 is 2.37 bits per heavy atom. The van der Waals surface area contributed by atoms with E-state index in [-0.39, 0.29) is 24.1 Å². The highest BCUT2D eigenvalue weighted by Gasteiger charge is 2.36. The van der Waals surface area contributed by atoms with Crippen molar-refractivity contribution in [3.63, 3.8) is 0 Å². The van der Waals surface area contributed by atoms with Crippen LogP contribution in [0.3, 0.4) is 0 Å². The average molecular weight is 268 g/mol. The van der Waals surface area contributed by atoms with Crippen molar-refractivity contribution in [2.75, 3.05) is 6.61 Å². The van der Waals surface area contributed by atoms with Crippen LogP contribution in [0.25, 0.3) is 0 Å². The number of carbonyl (C=O) groups is 2. The predicted octanol–water partition coefficient (Wildman–Crippen LogP) is 3.75. The maximum Gasteiger partial charge on any atom is 0.313 e. The molecule has 0 radical (unpaired) electrons. The lowest BCUT2D eigenvalue weighted by atomic mass is 9.66. The Hall–Kier alpha value is -0.860. The molecule has 0 saturated heterocycles. The maximum absolute atomic E-state index is 11.9. The van der Waals surface area contributed by atoms with Crippen LogP contribution in [0.2, 0.25) is 0 Å². The first-order valence-electron chi connectivity index (χ1n) is 7.50. The van der Waals surface area contributed by atoms with E-state index in [1.807, 2.05) is 6.92 Å². The Labute approximate surface area is 117 Å². The van der Waals surface area contributed by atoms with Crippen LogP contribution in [-0.2, 0) is 14.3 Å². The molecule has 1 aliphatic carbocycles. The lowest BCUT2D eigenvalue weighted by Crippen LogP contribution is -2.34. The number of esters is 1. The summed E-state index contributed by atoms with van der Waals surface area (Å²) in [6.45, 7) is 9.18. The van der Waals surface area contributed by atoms with Crippen molar-refractivity contribution in [1.29, 1.82) is 0 Å². The number of Topliss-reactive ketones (excluding diaryl/α,β-unsaturated/α-hetero) is 1. The van der Waals surface area contributed by atoms with Gasteiger partial charge in [-0.2, -0.15) is 0 Å². The molecule has 19 heavy (non-hydrogen) atoms. The van der Waals surface area contributed by atoms with E-state index >= 15 is 0 Å². The summed E-state index contributed by atoms with van der Waals surface area (Å²) < 4.78 is 5.02. The van der Waals surface area contributed by atoms with E-state index in [0.29, 0.717) is 17.9 Å². The van der Waals surface area contributed by atoms with Crippen LogP contribution in [0, 0.1) is 17.3 Å². The Morgan fingerprint density at radius 1 is 1.21 bits per heavy atom. The van der Waals surface area contributed by atoms with Crippen LogP contribution < -0.4 is 0 Å². The second-order valence-electron chi connectivity index (χ2n) is 7.02. The highest BCUT2D eigenvalue weighted by atomic mass is 16.5. The van der Waals surface area contributed by atoms with Gasteiger partial charge in [0.05, 0.1) is 6.61 Å². The molecule has 1 aliphatic rings. The molecule has 0 aromatic rings. The molecular weight excluding hydrogens is 240 g/mol. The highest BCUT2D eigenvalue weighted by Crippen LogP contribution is 2.41. The Bertz CT molecular complexity index is 308. The maximum atomic E-state index is 11.9. The first-order chi connectivity index (χ1) is 8.81. The summed E-state index contributed by atoms with van der Waals surface area (Å²) in [4.78, 5) is 23.3. The number of hydrogen-bond donors (Lipinski definition) is 0. The fourth-order valence-corrected chi connectivity index (χ4v) is 2.70. The molecule has 0 spiro atoms. The van der Waals surface area contributed by atoms with Gasteiger partial charge in [-0.15, -0.1) is 0 Å². The number of hydrogen-bond acceptors (Lipinski definition) is 3. The molecule has 0 unspecified atom stereocenters. The van der Waals surface area contributed by atoms with Gasteiger partial charge in [-0.25, -0.2) is 0 Å². The summed E-state index contributed by atoms with van der Waals surface area (Å²) in [6, 6.07) is 0. The fraction of sp³-hybridized carbons (Fsp3) is 0.875. The van der Waals surface area contributed by atoms with Crippen LogP contribution in [-0.4, -0.2) is 18.4 Å². The molecule has 3 heteroatoms. The van der Waals surface area contributed by atoms with Crippen molar-refractivity contribution in [3.8, 4) is 0 Å². The van der Waals surface area contributed by atoms with Gasteiger partial charge in [-0.05, 0) is 37.0 Å². The molecule has 3 nitrogen and oxygen atoms in total. The lowest BCUT2D eigenvalue weighted by molar-refractivity contribution is -0.147. The number of rotatable bonds is 7. The molecule has 0 bridgehead atoms. The quantitative estimate of drug-likeness (QED) is 0.401. The van der Waals surface area contributed by atoms with Gasteiger partial charge in [0.25, 0.3) is 0 Å². The summed E-state index contributed by atoms with van der Waals surface area (Å²) in [7, 11) is 0. The third-order valence-corrected chi connectivity index (χ3v) is 3.67. The SMILES string of the molecule is CCCCOC(=O)CC(=O)C1CC(CC(C)(C)C)C1. The summed E-state index contributed by atoms with van der Waals surface area (Å²) in [6.07, 6.45) is 4.92. The minimum atomic E-state index is -0.349. The minimum Gasteiger partial charge on any atom is -0.465 e. The van der Waals surface area contributed by atoms with Crippen molar-refractivity contribution in [2.24, 2.45) is 17.3 Å². The summed E-state index contributed by atoms with van der Waals surface area (Å²) >= 11 is 0. The van der Waals surface area contributed by atoms with E-state index in [1.165, 1.54) is 0 Å². The van der Waals surface area contributed by atoms with Crippen LogP contribution in [0.4, 0.5) is 0 Å². The van der Waals surface area contributed by atoms with Crippen molar-refractivity contribution in [2.45, 2.75) is 66.2 Å². The van der Waals surface area contributed by atoms with Crippen LogP contribution >= 0.6 is 0 Å². The zero-order chi connectivity index (χ0) is 14.5. The van der Waals surface area contributed by atoms with E-state index < -0.39 is 0 Å². The van der Waals surface area contributed by atoms with Gasteiger partial charge in [0, 0.05) is 5.92 Å². The summed E-state index contributed by atoms with van der Waals surface area (Å²) in [5.74, 6) is 0.487. The third-order valence-electron chi connectivity index (χ3n) is 3.67.